The Hall–Kier alpha value is -2.62. The Kier molecular flexibility index (Phi) is 4.94. The van der Waals surface area contributed by atoms with Gasteiger partial charge in [0.25, 0.3) is 5.69 Å². The molecular weight excluding hydrogens is 284 g/mol. The lowest BCUT2D eigenvalue weighted by molar-refractivity contribution is -0.384. The van der Waals surface area contributed by atoms with Crippen molar-refractivity contribution < 1.29 is 9.72 Å². The zero-order valence-electron chi connectivity index (χ0n) is 12.3. The molecule has 1 aliphatic rings. The number of nitro groups is 1. The predicted octanol–water partition coefficient (Wildman–Crippen LogP) is 2.33. The molecular formula is C15H18N4O3. The molecule has 1 aromatic rings. The summed E-state index contributed by atoms with van der Waals surface area (Å²) in [5.74, 6) is -0.175. The molecule has 0 spiro atoms. The SMILES string of the molecule is C[C@@H](Nc1ccc(C#N)cc1[N+](=O)[O-])C(=O)NC1CCCC1. The maximum atomic E-state index is 12.1. The van der Waals surface area contributed by atoms with E-state index in [0.717, 1.165) is 25.7 Å². The summed E-state index contributed by atoms with van der Waals surface area (Å²) >= 11 is 0. The molecule has 7 nitrogen and oxygen atoms in total. The van der Waals surface area contributed by atoms with E-state index in [1.165, 1.54) is 18.2 Å². The van der Waals surface area contributed by atoms with Crippen molar-refractivity contribution in [2.75, 3.05) is 5.32 Å². The van der Waals surface area contributed by atoms with Crippen LogP contribution in [0.1, 0.15) is 38.2 Å². The number of nitrogens with zero attached hydrogens (tertiary/aromatic N) is 2. The number of benzene rings is 1. The van der Waals surface area contributed by atoms with Gasteiger partial charge in [-0.15, -0.1) is 0 Å². The van der Waals surface area contributed by atoms with E-state index in [0.29, 0.717) is 0 Å². The van der Waals surface area contributed by atoms with Crippen molar-refractivity contribution in [1.82, 2.24) is 5.32 Å². The largest absolute Gasteiger partial charge is 0.368 e. The normalized spacial score (nSPS) is 15.8. The van der Waals surface area contributed by atoms with Gasteiger partial charge in [-0.3, -0.25) is 14.9 Å². The summed E-state index contributed by atoms with van der Waals surface area (Å²) in [6.07, 6.45) is 4.20. The first-order chi connectivity index (χ1) is 10.5. The summed E-state index contributed by atoms with van der Waals surface area (Å²) < 4.78 is 0. The quantitative estimate of drug-likeness (QED) is 0.641. The van der Waals surface area contributed by atoms with Crippen LogP contribution in [-0.4, -0.2) is 22.9 Å². The minimum atomic E-state index is -0.591. The summed E-state index contributed by atoms with van der Waals surface area (Å²) in [4.78, 5) is 22.6. The van der Waals surface area contributed by atoms with Gasteiger partial charge in [0, 0.05) is 12.1 Å². The fourth-order valence-corrected chi connectivity index (χ4v) is 2.57. The molecule has 2 N–H and O–H groups in total. The summed E-state index contributed by atoms with van der Waals surface area (Å²) in [5.41, 5.74) is 0.234. The van der Waals surface area contributed by atoms with Gasteiger partial charge in [0.2, 0.25) is 5.91 Å². The number of carbonyl (C=O) groups is 1. The molecule has 0 saturated heterocycles. The standard InChI is InChI=1S/C15H18N4O3/c1-10(15(20)18-12-4-2-3-5-12)17-13-7-6-11(9-16)8-14(13)19(21)22/h6-8,10,12,17H,2-5H2,1H3,(H,18,20)/t10-/m1/s1. The zero-order valence-corrected chi connectivity index (χ0v) is 12.3. The fourth-order valence-electron chi connectivity index (χ4n) is 2.57. The number of anilines is 1. The molecule has 1 fully saturated rings. The Labute approximate surface area is 128 Å². The third-order valence-corrected chi connectivity index (χ3v) is 3.79. The molecule has 1 atom stereocenters. The van der Waals surface area contributed by atoms with E-state index in [4.69, 9.17) is 5.26 Å². The number of hydrogen-bond acceptors (Lipinski definition) is 5. The second kappa shape index (κ2) is 6.89. The molecule has 0 radical (unpaired) electrons. The molecule has 0 aromatic heterocycles. The number of carbonyl (C=O) groups excluding carboxylic acids is 1. The van der Waals surface area contributed by atoms with Gasteiger partial charge in [0.1, 0.15) is 11.7 Å². The van der Waals surface area contributed by atoms with E-state index >= 15 is 0 Å². The second-order valence-electron chi connectivity index (χ2n) is 5.46. The van der Waals surface area contributed by atoms with Crippen LogP contribution < -0.4 is 10.6 Å². The van der Waals surface area contributed by atoms with E-state index in [-0.39, 0.29) is 28.9 Å². The lowest BCUT2D eigenvalue weighted by Crippen LogP contribution is -2.42. The van der Waals surface area contributed by atoms with Crippen molar-refractivity contribution in [3.63, 3.8) is 0 Å². The summed E-state index contributed by atoms with van der Waals surface area (Å²) in [6.45, 7) is 1.66. The molecule has 0 unspecified atom stereocenters. The van der Waals surface area contributed by atoms with Gasteiger partial charge >= 0.3 is 0 Å². The summed E-state index contributed by atoms with van der Waals surface area (Å²) in [6, 6.07) is 5.61. The summed E-state index contributed by atoms with van der Waals surface area (Å²) in [7, 11) is 0. The molecule has 1 aromatic carbocycles. The van der Waals surface area contributed by atoms with Crippen LogP contribution in [0.3, 0.4) is 0 Å². The Morgan fingerprint density at radius 1 is 1.45 bits per heavy atom. The minimum Gasteiger partial charge on any atom is -0.368 e. The Bertz CT molecular complexity index is 618. The van der Waals surface area contributed by atoms with Gasteiger partial charge in [-0.1, -0.05) is 12.8 Å². The molecule has 116 valence electrons. The monoisotopic (exact) mass is 302 g/mol. The van der Waals surface area contributed by atoms with Gasteiger partial charge in [-0.2, -0.15) is 5.26 Å². The molecule has 0 bridgehead atoms. The molecule has 2 rings (SSSR count). The van der Waals surface area contributed by atoms with Crippen LogP contribution >= 0.6 is 0 Å². The number of rotatable bonds is 5. The van der Waals surface area contributed by atoms with Gasteiger partial charge in [-0.25, -0.2) is 0 Å². The molecule has 1 saturated carbocycles. The average molecular weight is 302 g/mol. The highest BCUT2D eigenvalue weighted by molar-refractivity contribution is 5.85. The maximum absolute atomic E-state index is 12.1. The lowest BCUT2D eigenvalue weighted by atomic mass is 10.1. The number of amides is 1. The molecule has 7 heteroatoms. The smallest absolute Gasteiger partial charge is 0.293 e. The number of hydrogen-bond donors (Lipinski definition) is 2. The van der Waals surface area contributed by atoms with E-state index < -0.39 is 11.0 Å². The van der Waals surface area contributed by atoms with Crippen LogP contribution in [0, 0.1) is 21.4 Å². The third-order valence-electron chi connectivity index (χ3n) is 3.79. The highest BCUT2D eigenvalue weighted by atomic mass is 16.6. The molecule has 0 aliphatic heterocycles. The van der Waals surface area contributed by atoms with Crippen LogP contribution in [0.2, 0.25) is 0 Å². The van der Waals surface area contributed by atoms with Crippen molar-refractivity contribution in [3.8, 4) is 6.07 Å². The Balaban J connectivity index is 2.07. The first kappa shape index (κ1) is 15.8. The van der Waals surface area contributed by atoms with E-state index in [1.54, 1.807) is 6.92 Å². The van der Waals surface area contributed by atoms with Gasteiger partial charge < -0.3 is 10.6 Å². The third kappa shape index (κ3) is 3.73. The number of nitrogens with one attached hydrogen (secondary N) is 2. The van der Waals surface area contributed by atoms with Crippen molar-refractivity contribution in [2.24, 2.45) is 0 Å². The predicted molar refractivity (Wildman–Crippen MR) is 81.3 cm³/mol. The lowest BCUT2D eigenvalue weighted by Gasteiger charge is -2.18. The van der Waals surface area contributed by atoms with Crippen LogP contribution in [0.5, 0.6) is 0 Å². The molecule has 1 aliphatic carbocycles. The van der Waals surface area contributed by atoms with E-state index in [9.17, 15) is 14.9 Å². The maximum Gasteiger partial charge on any atom is 0.293 e. The fraction of sp³-hybridized carbons (Fsp3) is 0.467. The van der Waals surface area contributed by atoms with E-state index in [1.807, 2.05) is 6.07 Å². The summed E-state index contributed by atoms with van der Waals surface area (Å²) in [5, 5.41) is 25.7. The molecule has 22 heavy (non-hydrogen) atoms. The van der Waals surface area contributed by atoms with Gasteiger partial charge in [0.15, 0.2) is 0 Å². The number of nitro benzene ring substituents is 1. The van der Waals surface area contributed by atoms with Crippen LogP contribution in [0.15, 0.2) is 18.2 Å². The zero-order chi connectivity index (χ0) is 16.1. The topological polar surface area (TPSA) is 108 Å². The second-order valence-corrected chi connectivity index (χ2v) is 5.46. The van der Waals surface area contributed by atoms with Crippen molar-refractivity contribution in [3.05, 3.63) is 33.9 Å². The first-order valence-corrected chi connectivity index (χ1v) is 7.26. The first-order valence-electron chi connectivity index (χ1n) is 7.26. The average Bonchev–Trinajstić information content (AvgIpc) is 3.00. The van der Waals surface area contributed by atoms with Crippen molar-refractivity contribution in [2.45, 2.75) is 44.7 Å². The van der Waals surface area contributed by atoms with Gasteiger partial charge in [0.05, 0.1) is 16.6 Å². The molecule has 0 heterocycles. The van der Waals surface area contributed by atoms with Gasteiger partial charge in [-0.05, 0) is 31.9 Å². The van der Waals surface area contributed by atoms with Crippen LogP contribution in [-0.2, 0) is 4.79 Å². The Morgan fingerprint density at radius 2 is 2.14 bits per heavy atom. The van der Waals surface area contributed by atoms with Crippen LogP contribution in [0.4, 0.5) is 11.4 Å². The van der Waals surface area contributed by atoms with E-state index in [2.05, 4.69) is 10.6 Å². The highest BCUT2D eigenvalue weighted by Crippen LogP contribution is 2.26. The van der Waals surface area contributed by atoms with Crippen LogP contribution in [0.25, 0.3) is 0 Å². The minimum absolute atomic E-state index is 0.175. The number of nitriles is 1. The van der Waals surface area contributed by atoms with Crippen molar-refractivity contribution in [1.29, 1.82) is 5.26 Å². The highest BCUT2D eigenvalue weighted by Gasteiger charge is 2.23. The molecule has 1 amide bonds. The Morgan fingerprint density at radius 3 is 2.73 bits per heavy atom. The van der Waals surface area contributed by atoms with Crippen molar-refractivity contribution >= 4 is 17.3 Å².